The molecular formula is C29H30Br2ClN3O4S. The molecule has 1 fully saturated rings. The SMILES string of the molecule is C[C@@H](Oc1csc(-n2cnc3cc(Br)c(OC4CCN(C(=O)OC(C)(C)C)CC4)c(Br)c32)c1)c1ccccc1Cl. The van der Waals surface area contributed by atoms with Gasteiger partial charge in [0.25, 0.3) is 0 Å². The van der Waals surface area contributed by atoms with E-state index in [-0.39, 0.29) is 18.3 Å². The molecule has 0 N–H and O–H groups in total. The number of fused-ring (bicyclic) bond motifs is 1. The Labute approximate surface area is 259 Å². The molecule has 1 amide bonds. The summed E-state index contributed by atoms with van der Waals surface area (Å²) in [7, 11) is 0. The number of likely N-dealkylation sites (tertiary alicyclic amines) is 1. The van der Waals surface area contributed by atoms with Gasteiger partial charge in [0.15, 0.2) is 0 Å². The molecule has 40 heavy (non-hydrogen) atoms. The maximum absolute atomic E-state index is 12.4. The minimum Gasteiger partial charge on any atom is -0.488 e. The molecule has 0 unspecified atom stereocenters. The number of imidazole rings is 1. The molecule has 2 aromatic heterocycles. The number of hydrogen-bond acceptors (Lipinski definition) is 6. The Morgan fingerprint density at radius 2 is 1.90 bits per heavy atom. The van der Waals surface area contributed by atoms with Crippen molar-refractivity contribution < 1.29 is 19.0 Å². The summed E-state index contributed by atoms with van der Waals surface area (Å²) in [6, 6.07) is 11.7. The molecule has 0 aliphatic carbocycles. The number of benzene rings is 2. The number of carbonyl (C=O) groups is 1. The Morgan fingerprint density at radius 3 is 2.60 bits per heavy atom. The van der Waals surface area contributed by atoms with Crippen molar-refractivity contribution in [2.45, 2.75) is 58.3 Å². The minimum absolute atomic E-state index is 0.0341. The fourth-order valence-electron chi connectivity index (χ4n) is 4.58. The second-order valence-corrected chi connectivity index (χ2v) is 13.6. The van der Waals surface area contributed by atoms with Crippen LogP contribution in [0, 0.1) is 0 Å². The molecule has 2 aromatic carbocycles. The Kier molecular flexibility index (Phi) is 8.71. The molecule has 7 nitrogen and oxygen atoms in total. The lowest BCUT2D eigenvalue weighted by atomic mass is 10.1. The van der Waals surface area contributed by atoms with Gasteiger partial charge >= 0.3 is 6.09 Å². The molecule has 1 atom stereocenters. The van der Waals surface area contributed by atoms with Crippen LogP contribution in [0.4, 0.5) is 4.79 Å². The number of halogens is 3. The van der Waals surface area contributed by atoms with Crippen molar-refractivity contribution in [2.24, 2.45) is 0 Å². The normalized spacial score (nSPS) is 15.3. The first kappa shape index (κ1) is 29.2. The third-order valence-electron chi connectivity index (χ3n) is 6.52. The highest BCUT2D eigenvalue weighted by molar-refractivity contribution is 9.11. The lowest BCUT2D eigenvalue weighted by Gasteiger charge is -2.33. The Morgan fingerprint density at radius 1 is 1.18 bits per heavy atom. The number of hydrogen-bond donors (Lipinski definition) is 0. The quantitative estimate of drug-likeness (QED) is 0.200. The van der Waals surface area contributed by atoms with Crippen molar-refractivity contribution in [2.75, 3.05) is 13.1 Å². The molecule has 0 saturated carbocycles. The van der Waals surface area contributed by atoms with Crippen LogP contribution < -0.4 is 9.47 Å². The second kappa shape index (κ2) is 11.9. The van der Waals surface area contributed by atoms with Gasteiger partial charge < -0.3 is 19.1 Å². The van der Waals surface area contributed by atoms with Crippen LogP contribution in [-0.2, 0) is 4.74 Å². The zero-order valence-electron chi connectivity index (χ0n) is 22.6. The number of rotatable bonds is 6. The molecule has 212 valence electrons. The Bertz CT molecular complexity index is 1530. The van der Waals surface area contributed by atoms with Crippen molar-refractivity contribution >= 4 is 71.9 Å². The largest absolute Gasteiger partial charge is 0.488 e. The molecule has 1 saturated heterocycles. The molecular weight excluding hydrogens is 682 g/mol. The fourth-order valence-corrected chi connectivity index (χ4v) is 7.14. The van der Waals surface area contributed by atoms with Crippen molar-refractivity contribution in [1.29, 1.82) is 0 Å². The standard InChI is InChI=1S/C29H30Br2ClN3O4S/c1-17(20-7-5-6-8-22(20)32)37-19-13-24(40-15-19)35-16-33-23-14-21(30)27(25(31)26(23)35)38-18-9-11-34(12-10-18)28(36)39-29(2,3)4/h5-8,13-18H,9-12H2,1-4H3/t17-/m1/s1. The third kappa shape index (κ3) is 6.45. The average molecular weight is 712 g/mol. The van der Waals surface area contributed by atoms with Gasteiger partial charge in [0.1, 0.15) is 40.6 Å². The molecule has 4 aromatic rings. The van der Waals surface area contributed by atoms with Gasteiger partial charge in [-0.25, -0.2) is 9.78 Å². The first-order valence-electron chi connectivity index (χ1n) is 13.0. The number of nitrogens with zero attached hydrogens (tertiary/aromatic N) is 3. The van der Waals surface area contributed by atoms with Crippen LogP contribution in [0.3, 0.4) is 0 Å². The van der Waals surface area contributed by atoms with E-state index < -0.39 is 5.60 Å². The number of amides is 1. The van der Waals surface area contributed by atoms with Gasteiger partial charge in [-0.05, 0) is 71.7 Å². The summed E-state index contributed by atoms with van der Waals surface area (Å²) in [4.78, 5) is 18.8. The van der Waals surface area contributed by atoms with Gasteiger partial charge in [-0.15, -0.1) is 11.3 Å². The highest BCUT2D eigenvalue weighted by Gasteiger charge is 2.29. The van der Waals surface area contributed by atoms with Gasteiger partial charge in [0.05, 0.1) is 20.0 Å². The number of piperidine rings is 1. The highest BCUT2D eigenvalue weighted by Crippen LogP contribution is 2.42. The van der Waals surface area contributed by atoms with Crippen LogP contribution >= 0.6 is 54.8 Å². The average Bonchev–Trinajstić information content (AvgIpc) is 3.53. The second-order valence-electron chi connectivity index (χ2n) is 10.7. The number of carbonyl (C=O) groups excluding carboxylic acids is 1. The number of aromatic nitrogens is 2. The zero-order chi connectivity index (χ0) is 28.6. The van der Waals surface area contributed by atoms with Crippen LogP contribution in [-0.4, -0.2) is 45.3 Å². The summed E-state index contributed by atoms with van der Waals surface area (Å²) in [6.45, 7) is 8.78. The fraction of sp³-hybridized carbons (Fsp3) is 0.379. The predicted molar refractivity (Wildman–Crippen MR) is 166 cm³/mol. The van der Waals surface area contributed by atoms with Crippen LogP contribution in [0.2, 0.25) is 5.02 Å². The summed E-state index contributed by atoms with van der Waals surface area (Å²) in [5.41, 5.74) is 2.15. The van der Waals surface area contributed by atoms with Crippen molar-refractivity contribution in [3.05, 3.63) is 67.6 Å². The van der Waals surface area contributed by atoms with Crippen molar-refractivity contribution in [3.8, 4) is 16.5 Å². The minimum atomic E-state index is -0.512. The summed E-state index contributed by atoms with van der Waals surface area (Å²) < 4.78 is 21.9. The van der Waals surface area contributed by atoms with E-state index >= 15 is 0 Å². The molecule has 1 aliphatic heterocycles. The molecule has 0 spiro atoms. The van der Waals surface area contributed by atoms with E-state index in [1.54, 1.807) is 22.6 Å². The first-order valence-corrected chi connectivity index (χ1v) is 15.8. The van der Waals surface area contributed by atoms with Gasteiger partial charge in [0, 0.05) is 48.0 Å². The summed E-state index contributed by atoms with van der Waals surface area (Å²) >= 11 is 15.4. The Hall–Kier alpha value is -2.27. The van der Waals surface area contributed by atoms with Gasteiger partial charge in [-0.1, -0.05) is 29.8 Å². The lowest BCUT2D eigenvalue weighted by molar-refractivity contribution is 0.0125. The number of thiophene rings is 1. The molecule has 5 rings (SSSR count). The van der Waals surface area contributed by atoms with E-state index in [4.69, 9.17) is 25.8 Å². The molecule has 3 heterocycles. The third-order valence-corrected chi connectivity index (χ3v) is 9.09. The maximum atomic E-state index is 12.4. The van der Waals surface area contributed by atoms with Gasteiger partial charge in [0.2, 0.25) is 0 Å². The van der Waals surface area contributed by atoms with E-state index in [9.17, 15) is 4.79 Å². The lowest BCUT2D eigenvalue weighted by Crippen LogP contribution is -2.44. The van der Waals surface area contributed by atoms with E-state index in [0.717, 1.165) is 36.3 Å². The summed E-state index contributed by atoms with van der Waals surface area (Å²) in [5.74, 6) is 1.47. The summed E-state index contributed by atoms with van der Waals surface area (Å²) in [5, 5.41) is 3.63. The van der Waals surface area contributed by atoms with Gasteiger partial charge in [-0.2, -0.15) is 0 Å². The summed E-state index contributed by atoms with van der Waals surface area (Å²) in [6.07, 6.45) is 2.72. The highest BCUT2D eigenvalue weighted by atomic mass is 79.9. The van der Waals surface area contributed by atoms with Gasteiger partial charge in [-0.3, -0.25) is 4.57 Å². The van der Waals surface area contributed by atoms with Crippen molar-refractivity contribution in [3.63, 3.8) is 0 Å². The molecule has 11 heteroatoms. The molecule has 1 aliphatic rings. The van der Waals surface area contributed by atoms with E-state index in [1.165, 1.54) is 0 Å². The van der Waals surface area contributed by atoms with E-state index in [1.807, 2.05) is 74.0 Å². The zero-order valence-corrected chi connectivity index (χ0v) is 27.4. The van der Waals surface area contributed by atoms with Crippen molar-refractivity contribution in [1.82, 2.24) is 14.5 Å². The van der Waals surface area contributed by atoms with E-state index in [0.29, 0.717) is 36.7 Å². The smallest absolute Gasteiger partial charge is 0.410 e. The topological polar surface area (TPSA) is 65.8 Å². The van der Waals surface area contributed by atoms with Crippen LogP contribution in [0.15, 0.2) is 57.1 Å². The maximum Gasteiger partial charge on any atom is 0.410 e. The number of ether oxygens (including phenoxy) is 3. The molecule has 0 bridgehead atoms. The van der Waals surface area contributed by atoms with Crippen LogP contribution in [0.5, 0.6) is 11.5 Å². The Balaban J connectivity index is 1.32. The van der Waals surface area contributed by atoms with Crippen LogP contribution in [0.25, 0.3) is 16.0 Å². The molecule has 0 radical (unpaired) electrons. The first-order chi connectivity index (χ1) is 19.0. The van der Waals surface area contributed by atoms with Crippen LogP contribution in [0.1, 0.15) is 52.2 Å². The monoisotopic (exact) mass is 709 g/mol. The predicted octanol–water partition coefficient (Wildman–Crippen LogP) is 9.18. The van der Waals surface area contributed by atoms with E-state index in [2.05, 4.69) is 36.8 Å².